The number of nitrogens with zero attached hydrogens (tertiary/aromatic N) is 1. The van der Waals surface area contributed by atoms with E-state index >= 15 is 0 Å². The van der Waals surface area contributed by atoms with Crippen LogP contribution in [0.4, 0.5) is 0 Å². The maximum atomic E-state index is 12.2. The van der Waals surface area contributed by atoms with Gasteiger partial charge >= 0.3 is 0 Å². The number of carbonyl (C=O) groups excluding carboxylic acids is 1. The Morgan fingerprint density at radius 1 is 1.52 bits per heavy atom. The van der Waals surface area contributed by atoms with E-state index in [0.717, 1.165) is 25.9 Å². The van der Waals surface area contributed by atoms with Gasteiger partial charge in [0.2, 0.25) is 0 Å². The van der Waals surface area contributed by atoms with Crippen LogP contribution in [0, 0.1) is 5.41 Å². The van der Waals surface area contributed by atoms with Gasteiger partial charge < -0.3 is 15.4 Å². The van der Waals surface area contributed by atoms with E-state index in [1.54, 1.807) is 19.4 Å². The number of aromatic nitrogens is 1. The second kappa shape index (κ2) is 8.68. The monoisotopic (exact) mass is 377 g/mol. The summed E-state index contributed by atoms with van der Waals surface area (Å²) in [5.41, 5.74) is 0.450. The first kappa shape index (κ1) is 18.4. The topological polar surface area (TPSA) is 63.2 Å². The highest BCUT2D eigenvalue weighted by molar-refractivity contribution is 9.10. The highest BCUT2D eigenvalue weighted by Crippen LogP contribution is 2.28. The Morgan fingerprint density at radius 3 is 2.86 bits per heavy atom. The van der Waals surface area contributed by atoms with E-state index in [0.29, 0.717) is 23.3 Å². The van der Waals surface area contributed by atoms with Gasteiger partial charge in [0.05, 0.1) is 6.61 Å². The van der Waals surface area contributed by atoms with Gasteiger partial charge in [-0.15, -0.1) is 12.4 Å². The lowest BCUT2D eigenvalue weighted by Gasteiger charge is -2.37. The number of piperidine rings is 1. The predicted molar refractivity (Wildman–Crippen MR) is 87.9 cm³/mol. The number of pyridine rings is 1. The molecule has 7 heteroatoms. The van der Waals surface area contributed by atoms with E-state index in [-0.39, 0.29) is 23.7 Å². The van der Waals surface area contributed by atoms with Gasteiger partial charge in [0.1, 0.15) is 5.69 Å². The summed E-state index contributed by atoms with van der Waals surface area (Å²) < 4.78 is 6.05. The maximum absolute atomic E-state index is 12.2. The van der Waals surface area contributed by atoms with Crippen LogP contribution in [-0.4, -0.2) is 44.2 Å². The Hall–Kier alpha value is -0.690. The lowest BCUT2D eigenvalue weighted by Crippen LogP contribution is -2.47. The fourth-order valence-corrected chi connectivity index (χ4v) is 2.97. The van der Waals surface area contributed by atoms with Crippen LogP contribution in [0.5, 0.6) is 0 Å². The van der Waals surface area contributed by atoms with E-state index in [2.05, 4.69) is 31.5 Å². The third-order valence-electron chi connectivity index (χ3n) is 3.71. The van der Waals surface area contributed by atoms with Gasteiger partial charge in [-0.1, -0.05) is 0 Å². The molecule has 1 saturated heterocycles. The van der Waals surface area contributed by atoms with Crippen molar-refractivity contribution in [1.29, 1.82) is 0 Å². The number of hydrogen-bond acceptors (Lipinski definition) is 4. The van der Waals surface area contributed by atoms with Crippen LogP contribution >= 0.6 is 28.3 Å². The Bertz CT molecular complexity index is 462. The molecule has 21 heavy (non-hydrogen) atoms. The van der Waals surface area contributed by atoms with E-state index in [1.165, 1.54) is 0 Å². The number of ether oxygens (including phenoxy) is 1. The normalized spacial score (nSPS) is 16.9. The number of carbonyl (C=O) groups is 1. The Morgan fingerprint density at radius 2 is 2.24 bits per heavy atom. The van der Waals surface area contributed by atoms with Gasteiger partial charge in [-0.2, -0.15) is 0 Å². The molecule has 0 aliphatic carbocycles. The second-order valence-electron chi connectivity index (χ2n) is 5.20. The smallest absolute Gasteiger partial charge is 0.271 e. The molecule has 1 aliphatic heterocycles. The lowest BCUT2D eigenvalue weighted by atomic mass is 9.79. The van der Waals surface area contributed by atoms with Crippen molar-refractivity contribution in [3.63, 3.8) is 0 Å². The van der Waals surface area contributed by atoms with Crippen molar-refractivity contribution in [3.8, 4) is 0 Å². The van der Waals surface area contributed by atoms with Crippen LogP contribution in [0.25, 0.3) is 0 Å². The van der Waals surface area contributed by atoms with E-state index in [4.69, 9.17) is 4.74 Å². The summed E-state index contributed by atoms with van der Waals surface area (Å²) in [5, 5.41) is 6.33. The zero-order valence-electron chi connectivity index (χ0n) is 12.0. The molecule has 2 heterocycles. The number of methoxy groups -OCH3 is 1. The first-order valence-electron chi connectivity index (χ1n) is 6.75. The van der Waals surface area contributed by atoms with Crippen LogP contribution in [0.3, 0.4) is 0 Å². The summed E-state index contributed by atoms with van der Waals surface area (Å²) >= 11 is 3.35. The minimum Gasteiger partial charge on any atom is -0.384 e. The molecular weight excluding hydrogens is 358 g/mol. The molecule has 0 saturated carbocycles. The Balaban J connectivity index is 0.00000220. The molecule has 0 bridgehead atoms. The van der Waals surface area contributed by atoms with E-state index in [1.807, 2.05) is 6.07 Å². The minimum atomic E-state index is -0.147. The summed E-state index contributed by atoms with van der Waals surface area (Å²) in [5.74, 6) is -0.147. The molecule has 2 rings (SSSR count). The molecule has 1 fully saturated rings. The maximum Gasteiger partial charge on any atom is 0.271 e. The summed E-state index contributed by atoms with van der Waals surface area (Å²) in [6.07, 6.45) is 3.63. The van der Waals surface area contributed by atoms with Gasteiger partial charge in [-0.25, -0.2) is 4.98 Å². The highest BCUT2D eigenvalue weighted by atomic mass is 79.9. The largest absolute Gasteiger partial charge is 0.384 e. The van der Waals surface area contributed by atoms with Crippen LogP contribution in [0.15, 0.2) is 22.8 Å². The van der Waals surface area contributed by atoms with Crippen molar-refractivity contribution < 1.29 is 9.53 Å². The predicted octanol–water partition coefficient (Wildman–Crippen LogP) is 2.01. The van der Waals surface area contributed by atoms with Gasteiger partial charge in [-0.05, 0) is 54.0 Å². The molecule has 0 spiro atoms. The molecule has 1 aliphatic rings. The third kappa shape index (κ3) is 4.92. The molecule has 1 aromatic heterocycles. The summed E-state index contributed by atoms with van der Waals surface area (Å²) in [4.78, 5) is 16.3. The fraction of sp³-hybridized carbons (Fsp3) is 0.571. The molecule has 1 amide bonds. The number of hydrogen-bond donors (Lipinski definition) is 2. The Kier molecular flexibility index (Phi) is 7.59. The molecular formula is C14H21BrClN3O2. The van der Waals surface area contributed by atoms with Crippen molar-refractivity contribution >= 4 is 34.2 Å². The number of rotatable bonds is 5. The standard InChI is InChI=1S/C14H20BrN3O2.ClH/c1-20-10-14(4-7-16-8-5-14)9-18-13(19)12-11(15)3-2-6-17-12;/h2-3,6,16H,4-5,7-10H2,1H3,(H,18,19);1H. The quantitative estimate of drug-likeness (QED) is 0.823. The molecule has 0 aromatic carbocycles. The molecule has 2 N–H and O–H groups in total. The zero-order valence-corrected chi connectivity index (χ0v) is 14.4. The molecule has 118 valence electrons. The van der Waals surface area contributed by atoms with Gasteiger partial charge in [-0.3, -0.25) is 4.79 Å². The summed E-state index contributed by atoms with van der Waals surface area (Å²) in [6.45, 7) is 3.21. The minimum absolute atomic E-state index is 0. The van der Waals surface area contributed by atoms with Crippen LogP contribution in [0.2, 0.25) is 0 Å². The van der Waals surface area contributed by atoms with Crippen molar-refractivity contribution in [2.45, 2.75) is 12.8 Å². The molecule has 0 unspecified atom stereocenters. The van der Waals surface area contributed by atoms with Gasteiger partial charge in [0.15, 0.2) is 0 Å². The zero-order chi connectivity index (χ0) is 14.4. The second-order valence-corrected chi connectivity index (χ2v) is 6.05. The van der Waals surface area contributed by atoms with E-state index in [9.17, 15) is 4.79 Å². The van der Waals surface area contributed by atoms with Crippen LogP contribution in [-0.2, 0) is 4.74 Å². The van der Waals surface area contributed by atoms with Crippen molar-refractivity contribution in [2.75, 3.05) is 33.4 Å². The number of halogens is 2. The average molecular weight is 379 g/mol. The summed E-state index contributed by atoms with van der Waals surface area (Å²) in [7, 11) is 1.71. The molecule has 0 atom stereocenters. The third-order valence-corrected chi connectivity index (χ3v) is 4.35. The Labute approximate surface area is 139 Å². The van der Waals surface area contributed by atoms with Crippen molar-refractivity contribution in [3.05, 3.63) is 28.5 Å². The highest BCUT2D eigenvalue weighted by Gasteiger charge is 2.32. The SMILES string of the molecule is COCC1(CNC(=O)c2ncccc2Br)CCNCC1.Cl. The first-order valence-corrected chi connectivity index (χ1v) is 7.55. The van der Waals surface area contributed by atoms with Gasteiger partial charge in [0, 0.05) is 29.7 Å². The lowest BCUT2D eigenvalue weighted by molar-refractivity contribution is 0.0510. The molecule has 5 nitrogen and oxygen atoms in total. The molecule has 1 aromatic rings. The van der Waals surface area contributed by atoms with Crippen LogP contribution < -0.4 is 10.6 Å². The number of nitrogens with one attached hydrogen (secondary N) is 2. The van der Waals surface area contributed by atoms with E-state index < -0.39 is 0 Å². The van der Waals surface area contributed by atoms with Gasteiger partial charge in [0.25, 0.3) is 5.91 Å². The van der Waals surface area contributed by atoms with Crippen molar-refractivity contribution in [2.24, 2.45) is 5.41 Å². The summed E-state index contributed by atoms with van der Waals surface area (Å²) in [6, 6.07) is 3.61. The number of amides is 1. The molecule has 0 radical (unpaired) electrons. The van der Waals surface area contributed by atoms with Crippen molar-refractivity contribution in [1.82, 2.24) is 15.6 Å². The fourth-order valence-electron chi connectivity index (χ4n) is 2.54. The first-order chi connectivity index (χ1) is 9.67. The average Bonchev–Trinajstić information content (AvgIpc) is 2.47. The van der Waals surface area contributed by atoms with Crippen LogP contribution in [0.1, 0.15) is 23.3 Å².